The van der Waals surface area contributed by atoms with Gasteiger partial charge in [-0.05, 0) is 43.3 Å². The first-order valence-corrected chi connectivity index (χ1v) is 11.2. The molecule has 0 bridgehead atoms. The Kier molecular flexibility index (Phi) is 5.47. The summed E-state index contributed by atoms with van der Waals surface area (Å²) in [5.74, 6) is 0.976. The fraction of sp³-hybridized carbons (Fsp3) is 0.190. The third-order valence-corrected chi connectivity index (χ3v) is 5.69. The quantitative estimate of drug-likeness (QED) is 0.449. The van der Waals surface area contributed by atoms with Gasteiger partial charge in [0.15, 0.2) is 5.58 Å². The second-order valence-electron chi connectivity index (χ2n) is 7.27. The lowest BCUT2D eigenvalue weighted by molar-refractivity contribution is 0.448. The number of anilines is 4. The van der Waals surface area contributed by atoms with E-state index in [0.29, 0.717) is 28.3 Å². The molecule has 2 N–H and O–H groups in total. The number of nitrogens with one attached hydrogen (secondary N) is 2. The molecule has 0 spiro atoms. The van der Waals surface area contributed by atoms with E-state index in [9.17, 15) is 8.42 Å². The van der Waals surface area contributed by atoms with Gasteiger partial charge in [-0.3, -0.25) is 4.72 Å². The maximum atomic E-state index is 12.6. The van der Waals surface area contributed by atoms with Crippen molar-refractivity contribution < 1.29 is 12.9 Å². The molecule has 2 aromatic heterocycles. The highest BCUT2D eigenvalue weighted by Crippen LogP contribution is 2.22. The molecular weight excluding hydrogens is 416 g/mol. The highest BCUT2D eigenvalue weighted by atomic mass is 32.2. The first-order chi connectivity index (χ1) is 14.8. The van der Waals surface area contributed by atoms with Crippen LogP contribution in [0.4, 0.5) is 23.1 Å². The van der Waals surface area contributed by atoms with Gasteiger partial charge in [-0.2, -0.15) is 4.98 Å². The van der Waals surface area contributed by atoms with Crippen LogP contribution in [-0.4, -0.2) is 37.6 Å². The summed E-state index contributed by atoms with van der Waals surface area (Å²) in [6.45, 7) is 1.90. The summed E-state index contributed by atoms with van der Waals surface area (Å²) in [5.41, 5.74) is 2.94. The van der Waals surface area contributed by atoms with Crippen molar-refractivity contribution in [3.05, 3.63) is 66.0 Å². The smallest absolute Gasteiger partial charge is 0.238 e. The van der Waals surface area contributed by atoms with E-state index in [1.807, 2.05) is 44.1 Å². The van der Waals surface area contributed by atoms with E-state index in [4.69, 9.17) is 4.52 Å². The summed E-state index contributed by atoms with van der Waals surface area (Å²) >= 11 is 0. The van der Waals surface area contributed by atoms with Crippen molar-refractivity contribution in [2.45, 2.75) is 12.7 Å². The average Bonchev–Trinajstić information content (AvgIpc) is 3.11. The molecule has 10 heteroatoms. The predicted octanol–water partition coefficient (Wildman–Crippen LogP) is 3.68. The molecule has 160 valence electrons. The van der Waals surface area contributed by atoms with Gasteiger partial charge < -0.3 is 14.7 Å². The van der Waals surface area contributed by atoms with Crippen molar-refractivity contribution in [3.8, 4) is 0 Å². The van der Waals surface area contributed by atoms with Crippen LogP contribution >= 0.6 is 0 Å². The predicted molar refractivity (Wildman–Crippen MR) is 121 cm³/mol. The molecular formula is C21H22N6O3S. The van der Waals surface area contributed by atoms with Crippen molar-refractivity contribution in [1.82, 2.24) is 15.1 Å². The maximum absolute atomic E-state index is 12.6. The van der Waals surface area contributed by atoms with E-state index in [1.165, 1.54) is 0 Å². The number of aryl methyl sites for hydroxylation is 1. The number of para-hydroxylation sites is 1. The first-order valence-electron chi connectivity index (χ1n) is 9.53. The second kappa shape index (κ2) is 8.23. The topological polar surface area (TPSA) is 113 Å². The molecule has 0 aliphatic heterocycles. The van der Waals surface area contributed by atoms with Gasteiger partial charge in [0.2, 0.25) is 16.0 Å². The number of aromatic nitrogens is 3. The molecule has 0 aliphatic carbocycles. The SMILES string of the molecule is Cc1cc(N(C)C)nc(Nc2ccc(NS(=O)(=O)Cc3noc4ccccc34)cc2)n1. The Bertz CT molecular complexity index is 1320. The van der Waals surface area contributed by atoms with Gasteiger partial charge in [-0.25, -0.2) is 13.4 Å². The minimum Gasteiger partial charge on any atom is -0.363 e. The van der Waals surface area contributed by atoms with Gasteiger partial charge in [-0.15, -0.1) is 0 Å². The van der Waals surface area contributed by atoms with Crippen molar-refractivity contribution in [2.24, 2.45) is 0 Å². The summed E-state index contributed by atoms with van der Waals surface area (Å²) in [6, 6.07) is 15.9. The molecule has 2 aromatic carbocycles. The Balaban J connectivity index is 1.46. The van der Waals surface area contributed by atoms with Crippen molar-refractivity contribution in [3.63, 3.8) is 0 Å². The van der Waals surface area contributed by atoms with Crippen molar-refractivity contribution in [2.75, 3.05) is 29.0 Å². The summed E-state index contributed by atoms with van der Waals surface area (Å²) in [6.07, 6.45) is 0. The number of hydrogen-bond acceptors (Lipinski definition) is 8. The minimum atomic E-state index is -3.66. The molecule has 0 atom stereocenters. The van der Waals surface area contributed by atoms with Crippen LogP contribution in [0.15, 0.2) is 59.1 Å². The Morgan fingerprint density at radius 3 is 2.45 bits per heavy atom. The lowest BCUT2D eigenvalue weighted by Crippen LogP contribution is -2.15. The molecule has 31 heavy (non-hydrogen) atoms. The number of hydrogen-bond donors (Lipinski definition) is 2. The monoisotopic (exact) mass is 438 g/mol. The van der Waals surface area contributed by atoms with E-state index in [2.05, 4.69) is 25.2 Å². The molecule has 0 fully saturated rings. The summed E-state index contributed by atoms with van der Waals surface area (Å²) in [5, 5.41) is 7.71. The van der Waals surface area contributed by atoms with Gasteiger partial charge >= 0.3 is 0 Å². The Morgan fingerprint density at radius 2 is 1.71 bits per heavy atom. The van der Waals surface area contributed by atoms with Gasteiger partial charge in [0.05, 0.1) is 0 Å². The molecule has 0 unspecified atom stereocenters. The van der Waals surface area contributed by atoms with E-state index < -0.39 is 10.0 Å². The van der Waals surface area contributed by atoms with Gasteiger partial charge in [-0.1, -0.05) is 17.3 Å². The van der Waals surface area contributed by atoms with E-state index in [-0.39, 0.29) is 5.75 Å². The number of nitrogens with zero attached hydrogens (tertiary/aromatic N) is 4. The Hall–Kier alpha value is -3.66. The van der Waals surface area contributed by atoms with Crippen molar-refractivity contribution in [1.29, 1.82) is 0 Å². The molecule has 9 nitrogen and oxygen atoms in total. The first kappa shape index (κ1) is 20.6. The van der Waals surface area contributed by atoms with Crippen LogP contribution in [0.2, 0.25) is 0 Å². The van der Waals surface area contributed by atoms with Crippen LogP contribution in [0.3, 0.4) is 0 Å². The number of sulfonamides is 1. The zero-order valence-electron chi connectivity index (χ0n) is 17.3. The van der Waals surface area contributed by atoms with Crippen LogP contribution in [0.25, 0.3) is 11.0 Å². The van der Waals surface area contributed by atoms with Gasteiger partial charge in [0.25, 0.3) is 0 Å². The highest BCUT2D eigenvalue weighted by Gasteiger charge is 2.17. The summed E-state index contributed by atoms with van der Waals surface area (Å²) < 4.78 is 32.9. The van der Waals surface area contributed by atoms with Crippen molar-refractivity contribution >= 4 is 44.1 Å². The van der Waals surface area contributed by atoms with Crippen LogP contribution in [-0.2, 0) is 15.8 Å². The zero-order valence-corrected chi connectivity index (χ0v) is 18.1. The molecule has 2 heterocycles. The van der Waals surface area contributed by atoms with Crippen LogP contribution < -0.4 is 14.9 Å². The summed E-state index contributed by atoms with van der Waals surface area (Å²) in [4.78, 5) is 10.7. The second-order valence-corrected chi connectivity index (χ2v) is 9.00. The molecule has 0 saturated heterocycles. The normalized spacial score (nSPS) is 11.5. The minimum absolute atomic E-state index is 0.283. The fourth-order valence-electron chi connectivity index (χ4n) is 3.03. The highest BCUT2D eigenvalue weighted by molar-refractivity contribution is 7.91. The zero-order chi connectivity index (χ0) is 22.0. The summed E-state index contributed by atoms with van der Waals surface area (Å²) in [7, 11) is 0.157. The van der Waals surface area contributed by atoms with E-state index in [0.717, 1.165) is 17.2 Å². The Labute approximate surface area is 180 Å². The molecule has 4 rings (SSSR count). The van der Waals surface area contributed by atoms with Crippen LogP contribution in [0.1, 0.15) is 11.4 Å². The molecule has 4 aromatic rings. The third kappa shape index (κ3) is 4.92. The maximum Gasteiger partial charge on any atom is 0.238 e. The van der Waals surface area contributed by atoms with Gasteiger partial charge in [0, 0.05) is 42.6 Å². The van der Waals surface area contributed by atoms with Crippen LogP contribution in [0.5, 0.6) is 0 Å². The van der Waals surface area contributed by atoms with Gasteiger partial charge in [0.1, 0.15) is 17.3 Å². The Morgan fingerprint density at radius 1 is 1.00 bits per heavy atom. The average molecular weight is 439 g/mol. The fourth-order valence-corrected chi connectivity index (χ4v) is 4.16. The molecule has 0 saturated carbocycles. The number of benzene rings is 2. The van der Waals surface area contributed by atoms with E-state index in [1.54, 1.807) is 36.4 Å². The standard InChI is InChI=1S/C21H22N6O3S/c1-14-12-20(27(2)3)24-21(22-14)23-15-8-10-16(11-9-15)26-31(28,29)13-18-17-6-4-5-7-19(17)30-25-18/h4-12,26H,13H2,1-3H3,(H,22,23,24). The molecule has 0 radical (unpaired) electrons. The lowest BCUT2D eigenvalue weighted by atomic mass is 10.2. The largest absolute Gasteiger partial charge is 0.363 e. The van der Waals surface area contributed by atoms with E-state index >= 15 is 0 Å². The molecule has 0 aliphatic rings. The number of fused-ring (bicyclic) bond motifs is 1. The lowest BCUT2D eigenvalue weighted by Gasteiger charge is -2.14. The molecule has 0 amide bonds. The third-order valence-electron chi connectivity index (χ3n) is 4.49. The number of rotatable bonds is 7. The van der Waals surface area contributed by atoms with Crippen LogP contribution in [0, 0.1) is 6.92 Å².